The summed E-state index contributed by atoms with van der Waals surface area (Å²) in [6.45, 7) is 3.68. The highest BCUT2D eigenvalue weighted by molar-refractivity contribution is 5.46. The van der Waals surface area contributed by atoms with Crippen LogP contribution in [-0.2, 0) is 16.0 Å². The van der Waals surface area contributed by atoms with Gasteiger partial charge in [0.1, 0.15) is 0 Å². The first-order chi connectivity index (χ1) is 8.77. The Morgan fingerprint density at radius 1 is 1.11 bits per heavy atom. The van der Waals surface area contributed by atoms with E-state index in [2.05, 4.69) is 36.2 Å². The van der Waals surface area contributed by atoms with Gasteiger partial charge in [0.15, 0.2) is 0 Å². The van der Waals surface area contributed by atoms with E-state index in [1.807, 2.05) is 0 Å². The first kappa shape index (κ1) is 15.0. The third-order valence-corrected chi connectivity index (χ3v) is 2.83. The van der Waals surface area contributed by atoms with Gasteiger partial charge in [0.05, 0.1) is 13.2 Å². The van der Waals surface area contributed by atoms with Crippen LogP contribution in [0.4, 0.5) is 5.69 Å². The number of benzene rings is 1. The molecule has 1 aromatic rings. The fourth-order valence-electron chi connectivity index (χ4n) is 1.66. The van der Waals surface area contributed by atoms with Crippen LogP contribution < -0.4 is 10.6 Å². The minimum Gasteiger partial charge on any atom is -0.382 e. The van der Waals surface area contributed by atoms with Crippen molar-refractivity contribution < 1.29 is 9.47 Å². The fourth-order valence-corrected chi connectivity index (χ4v) is 1.66. The number of nitrogens with zero attached hydrogens (tertiary/aromatic N) is 1. The van der Waals surface area contributed by atoms with Crippen molar-refractivity contribution in [3.8, 4) is 0 Å². The molecule has 0 aliphatic heterocycles. The maximum absolute atomic E-state index is 5.57. The van der Waals surface area contributed by atoms with E-state index in [1.165, 1.54) is 5.69 Å². The molecule has 0 unspecified atom stereocenters. The molecule has 2 N–H and O–H groups in total. The van der Waals surface area contributed by atoms with Gasteiger partial charge in [-0.05, 0) is 24.1 Å². The molecule has 0 bridgehead atoms. The average Bonchev–Trinajstić information content (AvgIpc) is 2.42. The van der Waals surface area contributed by atoms with Gasteiger partial charge in [0, 0.05) is 39.5 Å². The van der Waals surface area contributed by atoms with Gasteiger partial charge in [0.2, 0.25) is 0 Å². The van der Waals surface area contributed by atoms with Crippen LogP contribution in [0, 0.1) is 0 Å². The molecular formula is C14H24N2O2. The van der Waals surface area contributed by atoms with Gasteiger partial charge in [-0.1, -0.05) is 12.1 Å². The van der Waals surface area contributed by atoms with Crippen LogP contribution in [0.1, 0.15) is 12.0 Å². The standard InChI is InChI=1S/C14H24N2O2/c1-16(8-3-9-18-11-10-17-2)14-6-4-13(12-15)5-7-14/h4-7H,3,8-12,15H2,1-2H3. The molecule has 0 saturated heterocycles. The Balaban J connectivity index is 2.21. The molecule has 0 aromatic heterocycles. The Bertz CT molecular complexity index is 314. The summed E-state index contributed by atoms with van der Waals surface area (Å²) in [5.74, 6) is 0. The zero-order valence-electron chi connectivity index (χ0n) is 11.4. The predicted molar refractivity (Wildman–Crippen MR) is 74.9 cm³/mol. The van der Waals surface area contributed by atoms with Crippen molar-refractivity contribution in [3.05, 3.63) is 29.8 Å². The highest BCUT2D eigenvalue weighted by atomic mass is 16.5. The number of ether oxygens (including phenoxy) is 2. The number of rotatable bonds is 9. The van der Waals surface area contributed by atoms with Crippen molar-refractivity contribution in [1.29, 1.82) is 0 Å². The predicted octanol–water partition coefficient (Wildman–Crippen LogP) is 1.63. The molecule has 18 heavy (non-hydrogen) atoms. The molecule has 1 rings (SSSR count). The Hall–Kier alpha value is -1.10. The molecule has 0 saturated carbocycles. The molecule has 0 radical (unpaired) electrons. The normalized spacial score (nSPS) is 10.6. The van der Waals surface area contributed by atoms with Crippen molar-refractivity contribution >= 4 is 5.69 Å². The fraction of sp³-hybridized carbons (Fsp3) is 0.571. The van der Waals surface area contributed by atoms with E-state index >= 15 is 0 Å². The quantitative estimate of drug-likeness (QED) is 0.679. The molecule has 4 nitrogen and oxygen atoms in total. The lowest BCUT2D eigenvalue weighted by atomic mass is 10.2. The van der Waals surface area contributed by atoms with Crippen LogP contribution in [0.2, 0.25) is 0 Å². The smallest absolute Gasteiger partial charge is 0.0700 e. The van der Waals surface area contributed by atoms with Crippen LogP contribution >= 0.6 is 0 Å². The SMILES string of the molecule is COCCOCCCN(C)c1ccc(CN)cc1. The minimum absolute atomic E-state index is 0.595. The Morgan fingerprint density at radius 2 is 1.83 bits per heavy atom. The van der Waals surface area contributed by atoms with Gasteiger partial charge < -0.3 is 20.1 Å². The van der Waals surface area contributed by atoms with Crippen molar-refractivity contribution in [2.75, 3.05) is 45.4 Å². The van der Waals surface area contributed by atoms with E-state index < -0.39 is 0 Å². The van der Waals surface area contributed by atoms with E-state index in [4.69, 9.17) is 15.2 Å². The van der Waals surface area contributed by atoms with E-state index in [1.54, 1.807) is 7.11 Å². The van der Waals surface area contributed by atoms with Gasteiger partial charge in [-0.25, -0.2) is 0 Å². The number of methoxy groups -OCH3 is 1. The first-order valence-corrected chi connectivity index (χ1v) is 6.34. The Kier molecular flexibility index (Phi) is 7.41. The monoisotopic (exact) mass is 252 g/mol. The van der Waals surface area contributed by atoms with Crippen molar-refractivity contribution in [2.45, 2.75) is 13.0 Å². The van der Waals surface area contributed by atoms with E-state index in [9.17, 15) is 0 Å². The highest BCUT2D eigenvalue weighted by Gasteiger charge is 2.00. The first-order valence-electron chi connectivity index (χ1n) is 6.34. The number of nitrogens with two attached hydrogens (primary N) is 1. The third-order valence-electron chi connectivity index (χ3n) is 2.83. The second kappa shape index (κ2) is 8.91. The molecule has 4 heteroatoms. The maximum atomic E-state index is 5.57. The molecule has 0 spiro atoms. The summed E-state index contributed by atoms with van der Waals surface area (Å²) in [5, 5.41) is 0. The van der Waals surface area contributed by atoms with E-state index in [0.29, 0.717) is 19.8 Å². The van der Waals surface area contributed by atoms with Gasteiger partial charge in [-0.3, -0.25) is 0 Å². The van der Waals surface area contributed by atoms with Crippen molar-refractivity contribution in [3.63, 3.8) is 0 Å². The lowest BCUT2D eigenvalue weighted by Gasteiger charge is -2.19. The summed E-state index contributed by atoms with van der Waals surface area (Å²) in [6.07, 6.45) is 1.01. The van der Waals surface area contributed by atoms with Crippen molar-refractivity contribution in [1.82, 2.24) is 0 Å². The number of hydrogen-bond donors (Lipinski definition) is 1. The third kappa shape index (κ3) is 5.49. The summed E-state index contributed by atoms with van der Waals surface area (Å²) >= 11 is 0. The molecule has 0 heterocycles. The lowest BCUT2D eigenvalue weighted by molar-refractivity contribution is 0.0701. The van der Waals surface area contributed by atoms with Crippen molar-refractivity contribution in [2.24, 2.45) is 5.73 Å². The van der Waals surface area contributed by atoms with Gasteiger partial charge in [-0.15, -0.1) is 0 Å². The summed E-state index contributed by atoms with van der Waals surface area (Å²) in [4.78, 5) is 2.22. The molecular weight excluding hydrogens is 228 g/mol. The molecule has 0 atom stereocenters. The molecule has 102 valence electrons. The highest BCUT2D eigenvalue weighted by Crippen LogP contribution is 2.13. The zero-order valence-corrected chi connectivity index (χ0v) is 11.4. The minimum atomic E-state index is 0.595. The van der Waals surface area contributed by atoms with Gasteiger partial charge in [0.25, 0.3) is 0 Å². The molecule has 0 amide bonds. The molecule has 0 aliphatic rings. The molecule has 1 aromatic carbocycles. The van der Waals surface area contributed by atoms with E-state index in [0.717, 1.165) is 25.1 Å². The molecule has 0 fully saturated rings. The zero-order chi connectivity index (χ0) is 13.2. The summed E-state index contributed by atoms with van der Waals surface area (Å²) in [6, 6.07) is 8.35. The topological polar surface area (TPSA) is 47.7 Å². The van der Waals surface area contributed by atoms with Gasteiger partial charge >= 0.3 is 0 Å². The number of anilines is 1. The van der Waals surface area contributed by atoms with Crippen LogP contribution in [-0.4, -0.2) is 40.5 Å². The largest absolute Gasteiger partial charge is 0.382 e. The van der Waals surface area contributed by atoms with Crippen LogP contribution in [0.15, 0.2) is 24.3 Å². The summed E-state index contributed by atoms with van der Waals surface area (Å²) in [7, 11) is 3.77. The Labute approximate surface area is 110 Å². The van der Waals surface area contributed by atoms with Crippen LogP contribution in [0.3, 0.4) is 0 Å². The second-order valence-electron chi connectivity index (χ2n) is 4.25. The van der Waals surface area contributed by atoms with E-state index in [-0.39, 0.29) is 0 Å². The van der Waals surface area contributed by atoms with Crippen LogP contribution in [0.5, 0.6) is 0 Å². The lowest BCUT2D eigenvalue weighted by Crippen LogP contribution is -2.20. The summed E-state index contributed by atoms with van der Waals surface area (Å²) < 4.78 is 10.3. The average molecular weight is 252 g/mol. The van der Waals surface area contributed by atoms with Crippen LogP contribution in [0.25, 0.3) is 0 Å². The van der Waals surface area contributed by atoms with Gasteiger partial charge in [-0.2, -0.15) is 0 Å². The maximum Gasteiger partial charge on any atom is 0.0700 e. The molecule has 0 aliphatic carbocycles. The number of hydrogen-bond acceptors (Lipinski definition) is 4. The second-order valence-corrected chi connectivity index (χ2v) is 4.25. The summed E-state index contributed by atoms with van der Waals surface area (Å²) in [5.41, 5.74) is 7.95. The Morgan fingerprint density at radius 3 is 2.44 bits per heavy atom.